The minimum Gasteiger partial charge on any atom is -0.384 e. The number of nitrogens with zero attached hydrogens (tertiary/aromatic N) is 2. The minimum atomic E-state index is -3.33. The number of rotatable bonds is 6. The van der Waals surface area contributed by atoms with Gasteiger partial charge in [0, 0.05) is 39.7 Å². The van der Waals surface area contributed by atoms with Gasteiger partial charge >= 0.3 is 0 Å². The van der Waals surface area contributed by atoms with E-state index in [1.165, 1.54) is 0 Å². The van der Waals surface area contributed by atoms with Crippen LogP contribution in [0.1, 0.15) is 32.8 Å². The Hall–Kier alpha value is -0.870. The van der Waals surface area contributed by atoms with Gasteiger partial charge in [0.15, 0.2) is 15.8 Å². The van der Waals surface area contributed by atoms with Gasteiger partial charge in [0.05, 0.1) is 17.3 Å². The van der Waals surface area contributed by atoms with Crippen molar-refractivity contribution >= 4 is 39.8 Å². The van der Waals surface area contributed by atoms with Crippen molar-refractivity contribution in [3.05, 3.63) is 29.8 Å². The fourth-order valence-electron chi connectivity index (χ4n) is 3.31. The molecule has 0 radical (unpaired) electrons. The van der Waals surface area contributed by atoms with E-state index >= 15 is 0 Å². The topological polar surface area (TPSA) is 71.0 Å². The monoisotopic (exact) mass is 523 g/mol. The van der Waals surface area contributed by atoms with Gasteiger partial charge < -0.3 is 15.0 Å². The van der Waals surface area contributed by atoms with Crippen molar-refractivity contribution in [2.75, 3.05) is 46.2 Å². The third-order valence-corrected chi connectivity index (χ3v) is 6.66. The predicted octanol–water partition coefficient (Wildman–Crippen LogP) is 2.92. The molecule has 0 aliphatic carbocycles. The number of hydrogen-bond donors (Lipinski definition) is 1. The molecule has 1 fully saturated rings. The lowest BCUT2D eigenvalue weighted by Gasteiger charge is -2.22. The van der Waals surface area contributed by atoms with Gasteiger partial charge in [-0.1, -0.05) is 32.9 Å². The molecule has 1 aliphatic rings. The van der Waals surface area contributed by atoms with Crippen LogP contribution in [0.15, 0.2) is 34.2 Å². The Balaban J connectivity index is 0.00000392. The summed E-state index contributed by atoms with van der Waals surface area (Å²) in [4.78, 5) is 6.82. The lowest BCUT2D eigenvalue weighted by atomic mass is 9.87. The van der Waals surface area contributed by atoms with E-state index in [0.29, 0.717) is 17.4 Å². The van der Waals surface area contributed by atoms with Crippen molar-refractivity contribution in [3.8, 4) is 0 Å². The predicted molar refractivity (Wildman–Crippen MR) is 126 cm³/mol. The zero-order chi connectivity index (χ0) is 20.1. The zero-order valence-electron chi connectivity index (χ0n) is 17.6. The van der Waals surface area contributed by atoms with Gasteiger partial charge in [-0.3, -0.25) is 4.99 Å². The first-order valence-corrected chi connectivity index (χ1v) is 11.1. The van der Waals surface area contributed by atoms with Crippen LogP contribution >= 0.6 is 24.0 Å². The standard InChI is InChI=1S/C20H33N3O3S.HI/c1-20(2,3)17-6-8-18(9-7-17)27(24,25)13-11-22-19(21-4)23-12-10-16(14-23)15-26-5;/h6-9,16H,10-15H2,1-5H3,(H,21,22);1H. The summed E-state index contributed by atoms with van der Waals surface area (Å²) in [6.45, 7) is 9.21. The molecule has 160 valence electrons. The van der Waals surface area contributed by atoms with Crippen LogP contribution in [-0.4, -0.2) is 65.4 Å². The molecule has 1 saturated heterocycles. The summed E-state index contributed by atoms with van der Waals surface area (Å²) in [5.41, 5.74) is 1.13. The lowest BCUT2D eigenvalue weighted by molar-refractivity contribution is 0.157. The molecule has 1 N–H and O–H groups in total. The molecule has 0 spiro atoms. The highest BCUT2D eigenvalue weighted by Gasteiger charge is 2.25. The number of likely N-dealkylation sites (tertiary alicyclic amines) is 1. The number of hydrogen-bond acceptors (Lipinski definition) is 4. The Kier molecular flexibility index (Phi) is 9.69. The average Bonchev–Trinajstić information content (AvgIpc) is 3.07. The van der Waals surface area contributed by atoms with Crippen LogP contribution in [0, 0.1) is 5.92 Å². The average molecular weight is 523 g/mol. The molecule has 1 aromatic rings. The lowest BCUT2D eigenvalue weighted by Crippen LogP contribution is -2.42. The number of methoxy groups -OCH3 is 1. The minimum absolute atomic E-state index is 0. The number of halogens is 1. The van der Waals surface area contributed by atoms with E-state index in [2.05, 4.69) is 36.0 Å². The molecule has 0 amide bonds. The third kappa shape index (κ3) is 6.88. The van der Waals surface area contributed by atoms with Crippen LogP contribution in [0.25, 0.3) is 0 Å². The van der Waals surface area contributed by atoms with Gasteiger partial charge in [0.2, 0.25) is 0 Å². The number of sulfone groups is 1. The summed E-state index contributed by atoms with van der Waals surface area (Å²) < 4.78 is 30.4. The number of aliphatic imine (C=N–C) groups is 1. The molecule has 0 bridgehead atoms. The SMILES string of the molecule is CN=C(NCCS(=O)(=O)c1ccc(C(C)(C)C)cc1)N1CCC(COC)C1.I. The fraction of sp³-hybridized carbons (Fsp3) is 0.650. The molecule has 1 aliphatic heterocycles. The largest absolute Gasteiger partial charge is 0.384 e. The van der Waals surface area contributed by atoms with Crippen LogP contribution in [0.3, 0.4) is 0 Å². The number of nitrogens with one attached hydrogen (secondary N) is 1. The van der Waals surface area contributed by atoms with Crippen LogP contribution in [0.5, 0.6) is 0 Å². The van der Waals surface area contributed by atoms with E-state index in [1.807, 2.05) is 12.1 Å². The molecular weight excluding hydrogens is 489 g/mol. The molecule has 6 nitrogen and oxygen atoms in total. The first kappa shape index (κ1) is 25.2. The molecule has 0 aromatic heterocycles. The normalized spacial score (nSPS) is 18.1. The quantitative estimate of drug-likeness (QED) is 0.353. The van der Waals surface area contributed by atoms with Crippen molar-refractivity contribution in [2.24, 2.45) is 10.9 Å². The second kappa shape index (κ2) is 10.8. The second-order valence-corrected chi connectivity index (χ2v) is 10.2. The summed E-state index contributed by atoms with van der Waals surface area (Å²) in [5.74, 6) is 1.29. The maximum Gasteiger partial charge on any atom is 0.193 e. The first-order chi connectivity index (χ1) is 12.7. The van der Waals surface area contributed by atoms with Crippen molar-refractivity contribution in [1.29, 1.82) is 0 Å². The fourth-order valence-corrected chi connectivity index (χ4v) is 4.46. The molecule has 1 unspecified atom stereocenters. The molecular formula is C20H34IN3O3S. The second-order valence-electron chi connectivity index (χ2n) is 8.12. The molecule has 1 atom stereocenters. The van der Waals surface area contributed by atoms with Gasteiger partial charge in [-0.25, -0.2) is 8.42 Å². The summed E-state index contributed by atoms with van der Waals surface area (Å²) >= 11 is 0. The smallest absolute Gasteiger partial charge is 0.193 e. The Bertz CT molecular complexity index is 743. The number of guanidine groups is 1. The van der Waals surface area contributed by atoms with E-state index < -0.39 is 9.84 Å². The van der Waals surface area contributed by atoms with E-state index in [4.69, 9.17) is 4.74 Å². The van der Waals surface area contributed by atoms with Gasteiger partial charge in [-0.2, -0.15) is 0 Å². The van der Waals surface area contributed by atoms with Crippen LogP contribution in [-0.2, 0) is 20.0 Å². The third-order valence-electron chi connectivity index (χ3n) is 4.93. The molecule has 1 aromatic carbocycles. The van der Waals surface area contributed by atoms with Crippen LogP contribution < -0.4 is 5.32 Å². The Morgan fingerprint density at radius 2 is 1.93 bits per heavy atom. The highest BCUT2D eigenvalue weighted by Crippen LogP contribution is 2.23. The van der Waals surface area contributed by atoms with Crippen molar-refractivity contribution in [3.63, 3.8) is 0 Å². The highest BCUT2D eigenvalue weighted by molar-refractivity contribution is 14.0. The van der Waals surface area contributed by atoms with Gasteiger partial charge in [0.1, 0.15) is 0 Å². The molecule has 8 heteroatoms. The van der Waals surface area contributed by atoms with Crippen molar-refractivity contribution in [2.45, 2.75) is 37.5 Å². The van der Waals surface area contributed by atoms with E-state index in [9.17, 15) is 8.42 Å². The van der Waals surface area contributed by atoms with Crippen molar-refractivity contribution in [1.82, 2.24) is 10.2 Å². The zero-order valence-corrected chi connectivity index (χ0v) is 20.7. The first-order valence-electron chi connectivity index (χ1n) is 9.45. The highest BCUT2D eigenvalue weighted by atomic mass is 127. The molecule has 0 saturated carbocycles. The van der Waals surface area contributed by atoms with Gasteiger partial charge in [0.25, 0.3) is 0 Å². The number of ether oxygens (including phenoxy) is 1. The van der Waals surface area contributed by atoms with Crippen LogP contribution in [0.4, 0.5) is 0 Å². The Morgan fingerprint density at radius 3 is 2.46 bits per heavy atom. The van der Waals surface area contributed by atoms with Gasteiger partial charge in [-0.05, 0) is 29.5 Å². The molecule has 2 rings (SSSR count). The van der Waals surface area contributed by atoms with Crippen molar-refractivity contribution < 1.29 is 13.2 Å². The summed E-state index contributed by atoms with van der Waals surface area (Å²) in [6.07, 6.45) is 1.06. The molecule has 1 heterocycles. The summed E-state index contributed by atoms with van der Waals surface area (Å²) in [7, 11) is 0.119. The van der Waals surface area contributed by atoms with Crippen LogP contribution in [0.2, 0.25) is 0 Å². The number of benzene rings is 1. The van der Waals surface area contributed by atoms with Gasteiger partial charge in [-0.15, -0.1) is 24.0 Å². The summed E-state index contributed by atoms with van der Waals surface area (Å²) in [6, 6.07) is 7.22. The maximum absolute atomic E-state index is 12.6. The van der Waals surface area contributed by atoms with E-state index in [1.54, 1.807) is 26.3 Å². The summed E-state index contributed by atoms with van der Waals surface area (Å²) in [5, 5.41) is 3.19. The van der Waals surface area contributed by atoms with E-state index in [0.717, 1.165) is 37.6 Å². The maximum atomic E-state index is 12.6. The van der Waals surface area contributed by atoms with E-state index in [-0.39, 0.29) is 35.1 Å². The molecule has 28 heavy (non-hydrogen) atoms. The Morgan fingerprint density at radius 1 is 1.29 bits per heavy atom. The Labute approximate surface area is 187 Å².